The van der Waals surface area contributed by atoms with Gasteiger partial charge in [0.15, 0.2) is 0 Å². The summed E-state index contributed by atoms with van der Waals surface area (Å²) in [6.07, 6.45) is 0. The van der Waals surface area contributed by atoms with Gasteiger partial charge >= 0.3 is 26.2 Å². The van der Waals surface area contributed by atoms with Gasteiger partial charge in [0, 0.05) is 0 Å². The second-order valence-corrected chi connectivity index (χ2v) is 3.68. The van der Waals surface area contributed by atoms with Crippen LogP contribution < -0.4 is 4.74 Å². The van der Waals surface area contributed by atoms with Gasteiger partial charge in [-0.2, -0.15) is 0 Å². The number of hydrogen-bond donors (Lipinski definition) is 0. The van der Waals surface area contributed by atoms with E-state index >= 15 is 0 Å². The van der Waals surface area contributed by atoms with Crippen LogP contribution in [0.3, 0.4) is 0 Å². The Balaban J connectivity index is 0.000000963. The van der Waals surface area contributed by atoms with Gasteiger partial charge in [-0.15, -0.1) is 33.7 Å². The molecule has 0 unspecified atom stereocenters. The predicted molar refractivity (Wildman–Crippen MR) is 76.4 cm³/mol. The fourth-order valence-electron chi connectivity index (χ4n) is 2.07. The molecule has 18 heavy (non-hydrogen) atoms. The summed E-state index contributed by atoms with van der Waals surface area (Å²) >= 11 is 0. The number of fused-ring (bicyclic) bond motifs is 3. The Labute approximate surface area is 128 Å². The van der Waals surface area contributed by atoms with Crippen molar-refractivity contribution in [3.05, 3.63) is 63.4 Å². The summed E-state index contributed by atoms with van der Waals surface area (Å²) in [5.41, 5.74) is 0. The molecule has 0 heterocycles. The number of ether oxygens (including phenoxy) is 1. The molecule has 1 radical (unpaired) electrons. The van der Waals surface area contributed by atoms with Crippen LogP contribution in [0.2, 0.25) is 0 Å². The zero-order chi connectivity index (χ0) is 10.3. The first-order valence-corrected chi connectivity index (χ1v) is 5.01. The van der Waals surface area contributed by atoms with Crippen LogP contribution in [0.5, 0.6) is 5.75 Å². The quantitative estimate of drug-likeness (QED) is 0.595. The molecule has 0 fully saturated rings. The van der Waals surface area contributed by atoms with Crippen molar-refractivity contribution >= 4 is 21.5 Å². The van der Waals surface area contributed by atoms with Gasteiger partial charge in [-0.3, -0.25) is 0 Å². The van der Waals surface area contributed by atoms with Crippen molar-refractivity contribution in [3.8, 4) is 5.75 Å². The van der Waals surface area contributed by atoms with Crippen LogP contribution in [0.1, 0.15) is 0 Å². The van der Waals surface area contributed by atoms with Gasteiger partial charge in [-0.05, 0) is 6.07 Å². The summed E-state index contributed by atoms with van der Waals surface area (Å²) in [4.78, 5) is 0. The predicted octanol–water partition coefficient (Wildman–Crippen LogP) is 4.62. The number of rotatable bonds is 1. The smallest absolute Gasteiger partial charge is 0.505 e. The minimum atomic E-state index is 0. The van der Waals surface area contributed by atoms with Crippen LogP contribution in [-0.2, 0) is 26.2 Å². The summed E-state index contributed by atoms with van der Waals surface area (Å²) in [6, 6.07) is 16.9. The average molecular weight is 317 g/mol. The average Bonchev–Trinajstić information content (AvgIpc) is 2.66. The molecule has 0 aliphatic rings. The summed E-state index contributed by atoms with van der Waals surface area (Å²) in [5.74, 6) is 0.915. The Morgan fingerprint density at radius 2 is 1.56 bits per heavy atom. The number of hydrogen-bond acceptors (Lipinski definition) is 1. The van der Waals surface area contributed by atoms with Crippen molar-refractivity contribution in [1.82, 2.24) is 0 Å². The van der Waals surface area contributed by atoms with Crippen molar-refractivity contribution in [3.63, 3.8) is 0 Å². The van der Waals surface area contributed by atoms with Gasteiger partial charge in [0.05, 0.1) is 12.9 Å². The third kappa shape index (κ3) is 2.70. The standard InChI is InChI=1S/C14H11O.2CH3.Zr/c1-15-12-6-7-14-11(9-12)8-10-4-2-3-5-13(10)14;;;/h2-9H,1H3;2*1H3;/q3*-1;+3. The van der Waals surface area contributed by atoms with E-state index in [-0.39, 0.29) is 41.1 Å². The first-order chi connectivity index (χ1) is 7.38. The summed E-state index contributed by atoms with van der Waals surface area (Å²) in [7, 11) is 1.70. The number of methoxy groups -OCH3 is 1. The van der Waals surface area contributed by atoms with Gasteiger partial charge in [-0.25, -0.2) is 0 Å². The second kappa shape index (κ2) is 6.80. The van der Waals surface area contributed by atoms with Crippen LogP contribution in [-0.4, -0.2) is 7.11 Å². The molecule has 0 saturated carbocycles. The van der Waals surface area contributed by atoms with Gasteiger partial charge < -0.3 is 19.6 Å². The maximum absolute atomic E-state index is 5.22. The SMILES string of the molecule is COc1ccc2c(c1)[cH-]c1ccccc12.[CH3-].[CH3-].[Zr+3]. The molecule has 0 bridgehead atoms. The summed E-state index contributed by atoms with van der Waals surface area (Å²) in [6.45, 7) is 0. The van der Waals surface area contributed by atoms with E-state index in [2.05, 4.69) is 42.5 Å². The van der Waals surface area contributed by atoms with Crippen LogP contribution in [0, 0.1) is 14.9 Å². The van der Waals surface area contributed by atoms with Crippen molar-refractivity contribution in [1.29, 1.82) is 0 Å². The number of benzene rings is 2. The first-order valence-electron chi connectivity index (χ1n) is 5.01. The van der Waals surface area contributed by atoms with Crippen molar-refractivity contribution in [2.75, 3.05) is 7.11 Å². The largest absolute Gasteiger partial charge is 3.00 e. The van der Waals surface area contributed by atoms with E-state index in [1.807, 2.05) is 6.07 Å². The third-order valence-electron chi connectivity index (χ3n) is 2.82. The molecule has 0 spiro atoms. The molecule has 2 heteroatoms. The first kappa shape index (κ1) is 17.0. The molecule has 0 aliphatic heterocycles. The van der Waals surface area contributed by atoms with Gasteiger partial charge in [-0.1, -0.05) is 30.3 Å². The molecule has 0 saturated heterocycles. The molecular formula is C16H17OZr. The molecule has 0 amide bonds. The zero-order valence-electron chi connectivity index (χ0n) is 11.0. The van der Waals surface area contributed by atoms with E-state index in [4.69, 9.17) is 4.74 Å². The van der Waals surface area contributed by atoms with Gasteiger partial charge in [0.25, 0.3) is 0 Å². The van der Waals surface area contributed by atoms with E-state index < -0.39 is 0 Å². The molecule has 1 nitrogen and oxygen atoms in total. The molecule has 0 atom stereocenters. The van der Waals surface area contributed by atoms with Crippen LogP contribution in [0.25, 0.3) is 21.5 Å². The molecule has 3 aromatic carbocycles. The van der Waals surface area contributed by atoms with Crippen LogP contribution >= 0.6 is 0 Å². The minimum absolute atomic E-state index is 0. The maximum Gasteiger partial charge on any atom is 3.00 e. The molecule has 91 valence electrons. The fourth-order valence-corrected chi connectivity index (χ4v) is 2.07. The zero-order valence-corrected chi connectivity index (χ0v) is 13.5. The van der Waals surface area contributed by atoms with E-state index in [1.54, 1.807) is 7.11 Å². The fraction of sp³-hybridized carbons (Fsp3) is 0.0625. The van der Waals surface area contributed by atoms with Gasteiger partial charge in [0.1, 0.15) is 0 Å². The second-order valence-electron chi connectivity index (χ2n) is 3.68. The Morgan fingerprint density at radius 1 is 0.889 bits per heavy atom. The molecule has 0 N–H and O–H groups in total. The Kier molecular flexibility index (Phi) is 6.42. The van der Waals surface area contributed by atoms with E-state index in [0.717, 1.165) is 5.75 Å². The monoisotopic (exact) mass is 315 g/mol. The van der Waals surface area contributed by atoms with Crippen molar-refractivity contribution in [2.24, 2.45) is 0 Å². The third-order valence-corrected chi connectivity index (χ3v) is 2.82. The Hall–Kier alpha value is -1.01. The van der Waals surface area contributed by atoms with E-state index in [0.29, 0.717) is 0 Å². The Bertz CT molecular complexity index is 625. The minimum Gasteiger partial charge on any atom is -0.505 e. The molecule has 3 aromatic rings. The molecule has 3 rings (SSSR count). The van der Waals surface area contributed by atoms with Crippen molar-refractivity contribution in [2.45, 2.75) is 0 Å². The van der Waals surface area contributed by atoms with Gasteiger partial charge in [0.2, 0.25) is 0 Å². The van der Waals surface area contributed by atoms with E-state index in [9.17, 15) is 0 Å². The molecule has 0 aliphatic carbocycles. The molecular weight excluding hydrogens is 299 g/mol. The summed E-state index contributed by atoms with van der Waals surface area (Å²) in [5, 5.41) is 5.15. The van der Waals surface area contributed by atoms with Crippen molar-refractivity contribution < 1.29 is 30.9 Å². The maximum atomic E-state index is 5.22. The summed E-state index contributed by atoms with van der Waals surface area (Å²) < 4.78 is 5.22. The topological polar surface area (TPSA) is 9.23 Å². The van der Waals surface area contributed by atoms with Crippen LogP contribution in [0.4, 0.5) is 0 Å². The normalized spacial score (nSPS) is 9.17. The Morgan fingerprint density at radius 3 is 2.28 bits per heavy atom. The molecule has 0 aromatic heterocycles. The van der Waals surface area contributed by atoms with E-state index in [1.165, 1.54) is 21.5 Å². The van der Waals surface area contributed by atoms with Crippen LogP contribution in [0.15, 0.2) is 48.5 Å².